The molecule has 0 radical (unpaired) electrons. The second-order valence-electron chi connectivity index (χ2n) is 3.77. The van der Waals surface area contributed by atoms with E-state index in [1.54, 1.807) is 30.5 Å². The van der Waals surface area contributed by atoms with Gasteiger partial charge in [-0.25, -0.2) is 5.43 Å². The first-order chi connectivity index (χ1) is 9.25. The second kappa shape index (κ2) is 6.30. The second-order valence-corrected chi connectivity index (χ2v) is 3.77. The summed E-state index contributed by atoms with van der Waals surface area (Å²) in [5, 5.41) is 3.79. The van der Waals surface area contributed by atoms with Crippen LogP contribution in [0, 0.1) is 6.92 Å². The lowest BCUT2D eigenvalue weighted by Crippen LogP contribution is -2.17. The molecule has 0 aliphatic carbocycles. The minimum atomic E-state index is -0.299. The molecule has 5 nitrogen and oxygen atoms in total. The maximum atomic E-state index is 11.6. The molecule has 0 aromatic carbocycles. The summed E-state index contributed by atoms with van der Waals surface area (Å²) in [6, 6.07) is 7.09. The van der Waals surface area contributed by atoms with E-state index in [0.717, 1.165) is 11.5 Å². The van der Waals surface area contributed by atoms with E-state index in [0.29, 0.717) is 5.56 Å². The van der Waals surface area contributed by atoms with Gasteiger partial charge in [0.25, 0.3) is 5.91 Å². The van der Waals surface area contributed by atoms with E-state index in [1.165, 1.54) is 12.4 Å². The van der Waals surface area contributed by atoms with Gasteiger partial charge in [-0.15, -0.1) is 0 Å². The highest BCUT2D eigenvalue weighted by atomic mass is 16.3. The molecule has 2 rings (SSSR count). The number of hydrogen-bond acceptors (Lipinski definition) is 4. The molecule has 0 aliphatic rings. The molecule has 96 valence electrons. The van der Waals surface area contributed by atoms with Gasteiger partial charge in [-0.3, -0.25) is 9.78 Å². The van der Waals surface area contributed by atoms with Crippen LogP contribution in [-0.2, 0) is 0 Å². The van der Waals surface area contributed by atoms with Crippen LogP contribution in [0.2, 0.25) is 0 Å². The van der Waals surface area contributed by atoms with Gasteiger partial charge in [-0.1, -0.05) is 0 Å². The van der Waals surface area contributed by atoms with Crippen LogP contribution in [0.25, 0.3) is 6.08 Å². The first-order valence-electron chi connectivity index (χ1n) is 5.72. The Morgan fingerprint density at radius 1 is 1.42 bits per heavy atom. The molecule has 0 aliphatic heterocycles. The van der Waals surface area contributed by atoms with Gasteiger partial charge < -0.3 is 4.42 Å². The topological polar surface area (TPSA) is 67.5 Å². The summed E-state index contributed by atoms with van der Waals surface area (Å²) in [4.78, 5) is 15.4. The van der Waals surface area contributed by atoms with Gasteiger partial charge >= 0.3 is 0 Å². The Bertz CT molecular complexity index is 600. The maximum Gasteiger partial charge on any atom is 0.272 e. The predicted octanol–water partition coefficient (Wildman–Crippen LogP) is 2.41. The fourth-order valence-corrected chi connectivity index (χ4v) is 1.38. The number of hydrazone groups is 1. The highest BCUT2D eigenvalue weighted by molar-refractivity contribution is 5.94. The number of allylic oxidation sites excluding steroid dienone is 1. The van der Waals surface area contributed by atoms with Crippen molar-refractivity contribution in [2.45, 2.75) is 6.92 Å². The first-order valence-corrected chi connectivity index (χ1v) is 5.72. The van der Waals surface area contributed by atoms with E-state index in [-0.39, 0.29) is 5.91 Å². The zero-order valence-electron chi connectivity index (χ0n) is 10.4. The SMILES string of the molecule is Cc1ccc(/C=C\C=NNC(=O)c2cccnc2)o1. The molecule has 0 saturated heterocycles. The van der Waals surface area contributed by atoms with Crippen molar-refractivity contribution in [3.05, 3.63) is 59.8 Å². The third-order valence-corrected chi connectivity index (χ3v) is 2.27. The molecule has 0 bridgehead atoms. The number of amides is 1. The summed E-state index contributed by atoms with van der Waals surface area (Å²) < 4.78 is 5.34. The summed E-state index contributed by atoms with van der Waals surface area (Å²) in [6.07, 6.45) is 8.00. The number of aryl methyl sites for hydroxylation is 1. The van der Waals surface area contributed by atoms with Crippen LogP contribution in [0.4, 0.5) is 0 Å². The van der Waals surface area contributed by atoms with Crippen molar-refractivity contribution in [1.82, 2.24) is 10.4 Å². The van der Waals surface area contributed by atoms with Crippen LogP contribution in [0.15, 0.2) is 52.3 Å². The van der Waals surface area contributed by atoms with Crippen LogP contribution in [0.1, 0.15) is 21.9 Å². The average Bonchev–Trinajstić information content (AvgIpc) is 2.85. The Hall–Kier alpha value is -2.69. The predicted molar refractivity (Wildman–Crippen MR) is 72.7 cm³/mol. The molecule has 0 saturated carbocycles. The van der Waals surface area contributed by atoms with E-state index in [9.17, 15) is 4.79 Å². The molecule has 0 fully saturated rings. The monoisotopic (exact) mass is 255 g/mol. The van der Waals surface area contributed by atoms with E-state index in [1.807, 2.05) is 19.1 Å². The average molecular weight is 255 g/mol. The van der Waals surface area contributed by atoms with Crippen molar-refractivity contribution in [3.8, 4) is 0 Å². The molecule has 2 aromatic heterocycles. The van der Waals surface area contributed by atoms with Gasteiger partial charge in [0.15, 0.2) is 0 Å². The third-order valence-electron chi connectivity index (χ3n) is 2.27. The number of hydrogen-bond donors (Lipinski definition) is 1. The van der Waals surface area contributed by atoms with Crippen LogP contribution < -0.4 is 5.43 Å². The molecular formula is C14H13N3O2. The van der Waals surface area contributed by atoms with Gasteiger partial charge in [-0.2, -0.15) is 5.10 Å². The van der Waals surface area contributed by atoms with Crippen molar-refractivity contribution in [2.24, 2.45) is 5.10 Å². The maximum absolute atomic E-state index is 11.6. The molecule has 2 heterocycles. The van der Waals surface area contributed by atoms with Crippen molar-refractivity contribution in [2.75, 3.05) is 0 Å². The van der Waals surface area contributed by atoms with Gasteiger partial charge in [0.05, 0.1) is 5.56 Å². The lowest BCUT2D eigenvalue weighted by molar-refractivity contribution is 0.0955. The smallest absolute Gasteiger partial charge is 0.272 e. The number of carbonyl (C=O) groups excluding carboxylic acids is 1. The first kappa shape index (κ1) is 12.8. The molecule has 1 N–H and O–H groups in total. The van der Waals surface area contributed by atoms with Crippen molar-refractivity contribution in [1.29, 1.82) is 0 Å². The number of rotatable bonds is 4. The van der Waals surface area contributed by atoms with E-state index < -0.39 is 0 Å². The normalized spacial score (nSPS) is 11.2. The number of nitrogens with zero attached hydrogens (tertiary/aromatic N) is 2. The molecule has 0 atom stereocenters. The lowest BCUT2D eigenvalue weighted by atomic mass is 10.3. The molecule has 2 aromatic rings. The Morgan fingerprint density at radius 3 is 3.00 bits per heavy atom. The third kappa shape index (κ3) is 3.92. The fourth-order valence-electron chi connectivity index (χ4n) is 1.38. The van der Waals surface area contributed by atoms with Crippen LogP contribution in [0.5, 0.6) is 0 Å². The van der Waals surface area contributed by atoms with Gasteiger partial charge in [0.2, 0.25) is 0 Å². The number of furan rings is 1. The van der Waals surface area contributed by atoms with Crippen LogP contribution in [-0.4, -0.2) is 17.1 Å². The number of aromatic nitrogens is 1. The number of carbonyl (C=O) groups is 1. The quantitative estimate of drug-likeness (QED) is 0.673. The molecule has 1 amide bonds. The number of nitrogens with one attached hydrogen (secondary N) is 1. The van der Waals surface area contributed by atoms with Gasteiger partial charge in [0.1, 0.15) is 11.5 Å². The van der Waals surface area contributed by atoms with Crippen molar-refractivity contribution >= 4 is 18.2 Å². The zero-order chi connectivity index (χ0) is 13.5. The Kier molecular flexibility index (Phi) is 4.23. The summed E-state index contributed by atoms with van der Waals surface area (Å²) in [5.41, 5.74) is 2.86. The van der Waals surface area contributed by atoms with E-state index in [2.05, 4.69) is 15.5 Å². The van der Waals surface area contributed by atoms with E-state index in [4.69, 9.17) is 4.42 Å². The Labute approximate surface area is 110 Å². The Morgan fingerprint density at radius 2 is 2.32 bits per heavy atom. The standard InChI is InChI=1S/C14H13N3O2/c1-11-6-7-13(19-11)5-3-9-16-17-14(18)12-4-2-8-15-10-12/h2-10H,1H3,(H,17,18)/b5-3-,16-9?. The van der Waals surface area contributed by atoms with Crippen LogP contribution in [0.3, 0.4) is 0 Å². The van der Waals surface area contributed by atoms with Gasteiger partial charge in [0, 0.05) is 18.6 Å². The molecule has 0 unspecified atom stereocenters. The zero-order valence-corrected chi connectivity index (χ0v) is 10.4. The Balaban J connectivity index is 1.84. The highest BCUT2D eigenvalue weighted by Crippen LogP contribution is 2.07. The molecule has 5 heteroatoms. The van der Waals surface area contributed by atoms with E-state index >= 15 is 0 Å². The minimum absolute atomic E-state index is 0.299. The van der Waals surface area contributed by atoms with Crippen LogP contribution >= 0.6 is 0 Å². The summed E-state index contributed by atoms with van der Waals surface area (Å²) in [6.45, 7) is 1.87. The summed E-state index contributed by atoms with van der Waals surface area (Å²) in [5.74, 6) is 1.29. The fraction of sp³-hybridized carbons (Fsp3) is 0.0714. The molecule has 19 heavy (non-hydrogen) atoms. The van der Waals surface area contributed by atoms with Crippen molar-refractivity contribution in [3.63, 3.8) is 0 Å². The van der Waals surface area contributed by atoms with Crippen molar-refractivity contribution < 1.29 is 9.21 Å². The molecule has 0 spiro atoms. The lowest BCUT2D eigenvalue weighted by Gasteiger charge is -1.96. The summed E-state index contributed by atoms with van der Waals surface area (Å²) >= 11 is 0. The highest BCUT2D eigenvalue weighted by Gasteiger charge is 2.01. The minimum Gasteiger partial charge on any atom is -0.462 e. The largest absolute Gasteiger partial charge is 0.462 e. The summed E-state index contributed by atoms with van der Waals surface area (Å²) in [7, 11) is 0. The number of pyridine rings is 1. The molecular weight excluding hydrogens is 242 g/mol. The van der Waals surface area contributed by atoms with Gasteiger partial charge in [-0.05, 0) is 43.3 Å².